The number of fused-ring (bicyclic) bond motifs is 1. The Morgan fingerprint density at radius 3 is 3.00 bits per heavy atom. The molecule has 1 aromatic rings. The third-order valence-corrected chi connectivity index (χ3v) is 3.96. The van der Waals surface area contributed by atoms with Crippen LogP contribution in [-0.4, -0.2) is 18.8 Å². The highest BCUT2D eigenvalue weighted by Crippen LogP contribution is 2.36. The Balaban J connectivity index is 2.15. The second kappa shape index (κ2) is 5.00. The first-order valence-corrected chi connectivity index (χ1v) is 6.92. The van der Waals surface area contributed by atoms with E-state index in [9.17, 15) is 0 Å². The fourth-order valence-electron chi connectivity index (χ4n) is 1.94. The minimum absolute atomic E-state index is 0.763. The summed E-state index contributed by atoms with van der Waals surface area (Å²) in [7, 11) is 0. The molecule has 1 aliphatic rings. The molecule has 0 radical (unpaired) electrons. The number of hydrogen-bond donors (Lipinski definition) is 1. The standard InChI is InChI=1S/C13H20N2S/c1-10(2)5-6-15-7-8-16-13-4-3-11(14)9-12(13)15/h3-4,9-10H,5-8,14H2,1-2H3. The van der Waals surface area contributed by atoms with Crippen LogP contribution in [0.4, 0.5) is 11.4 Å². The zero-order valence-electron chi connectivity index (χ0n) is 10.1. The van der Waals surface area contributed by atoms with Crippen molar-refractivity contribution in [3.05, 3.63) is 18.2 Å². The maximum Gasteiger partial charge on any atom is 0.0525 e. The Hall–Kier alpha value is -0.830. The molecule has 1 aromatic carbocycles. The van der Waals surface area contributed by atoms with Gasteiger partial charge in [0.2, 0.25) is 0 Å². The molecule has 3 heteroatoms. The summed E-state index contributed by atoms with van der Waals surface area (Å²) in [5.41, 5.74) is 8.07. The lowest BCUT2D eigenvalue weighted by Gasteiger charge is -2.31. The predicted molar refractivity (Wildman–Crippen MR) is 73.2 cm³/mol. The number of nitrogen functional groups attached to an aromatic ring is 1. The van der Waals surface area contributed by atoms with Crippen molar-refractivity contribution in [3.8, 4) is 0 Å². The van der Waals surface area contributed by atoms with Crippen molar-refractivity contribution in [3.63, 3.8) is 0 Å². The molecule has 1 aliphatic heterocycles. The molecule has 0 aliphatic carbocycles. The van der Waals surface area contributed by atoms with E-state index in [-0.39, 0.29) is 0 Å². The van der Waals surface area contributed by atoms with Crippen molar-refractivity contribution in [1.29, 1.82) is 0 Å². The SMILES string of the molecule is CC(C)CCN1CCSc2ccc(N)cc21. The van der Waals surface area contributed by atoms with Gasteiger partial charge in [-0.15, -0.1) is 11.8 Å². The average molecular weight is 236 g/mol. The largest absolute Gasteiger partial charge is 0.399 e. The van der Waals surface area contributed by atoms with Gasteiger partial charge in [0.25, 0.3) is 0 Å². The highest BCUT2D eigenvalue weighted by Gasteiger charge is 2.17. The number of benzene rings is 1. The summed E-state index contributed by atoms with van der Waals surface area (Å²) in [5, 5.41) is 0. The molecule has 0 unspecified atom stereocenters. The van der Waals surface area contributed by atoms with Crippen LogP contribution >= 0.6 is 11.8 Å². The van der Waals surface area contributed by atoms with Crippen LogP contribution < -0.4 is 10.6 Å². The molecule has 2 rings (SSSR count). The van der Waals surface area contributed by atoms with Crippen LogP contribution in [0.5, 0.6) is 0 Å². The second-order valence-electron chi connectivity index (χ2n) is 4.75. The van der Waals surface area contributed by atoms with Crippen LogP contribution in [-0.2, 0) is 0 Å². The summed E-state index contributed by atoms with van der Waals surface area (Å²) in [5.74, 6) is 1.95. The van der Waals surface area contributed by atoms with Crippen LogP contribution in [0.3, 0.4) is 0 Å². The molecular formula is C13H20N2S. The molecule has 88 valence electrons. The van der Waals surface area contributed by atoms with Gasteiger partial charge >= 0.3 is 0 Å². The highest BCUT2D eigenvalue weighted by molar-refractivity contribution is 7.99. The van der Waals surface area contributed by atoms with E-state index in [1.165, 1.54) is 22.8 Å². The first kappa shape index (κ1) is 11.6. The van der Waals surface area contributed by atoms with E-state index in [1.807, 2.05) is 17.8 Å². The summed E-state index contributed by atoms with van der Waals surface area (Å²) < 4.78 is 0. The molecule has 1 heterocycles. The minimum atomic E-state index is 0.763. The van der Waals surface area contributed by atoms with Gasteiger partial charge in [0.15, 0.2) is 0 Å². The predicted octanol–water partition coefficient (Wildman–Crippen LogP) is 3.23. The van der Waals surface area contributed by atoms with Crippen LogP contribution in [0.1, 0.15) is 20.3 Å². The maximum absolute atomic E-state index is 5.86. The lowest BCUT2D eigenvalue weighted by Crippen LogP contribution is -2.30. The zero-order chi connectivity index (χ0) is 11.5. The van der Waals surface area contributed by atoms with E-state index in [1.54, 1.807) is 0 Å². The van der Waals surface area contributed by atoms with Crippen molar-refractivity contribution in [2.75, 3.05) is 29.5 Å². The van der Waals surface area contributed by atoms with E-state index < -0.39 is 0 Å². The number of thioether (sulfide) groups is 1. The van der Waals surface area contributed by atoms with Crippen LogP contribution in [0.2, 0.25) is 0 Å². The molecule has 2 nitrogen and oxygen atoms in total. The lowest BCUT2D eigenvalue weighted by molar-refractivity contribution is 0.575. The van der Waals surface area contributed by atoms with Gasteiger partial charge in [0.05, 0.1) is 5.69 Å². The number of nitrogens with two attached hydrogens (primary N) is 1. The van der Waals surface area contributed by atoms with Gasteiger partial charge in [-0.3, -0.25) is 0 Å². The molecule has 0 aromatic heterocycles. The normalized spacial score (nSPS) is 15.3. The third-order valence-electron chi connectivity index (χ3n) is 2.92. The summed E-state index contributed by atoms with van der Waals surface area (Å²) in [6.45, 7) is 6.85. The van der Waals surface area contributed by atoms with E-state index in [2.05, 4.69) is 30.9 Å². The molecular weight excluding hydrogens is 216 g/mol. The fraction of sp³-hybridized carbons (Fsp3) is 0.538. The van der Waals surface area contributed by atoms with Gasteiger partial charge in [-0.1, -0.05) is 13.8 Å². The van der Waals surface area contributed by atoms with Crippen molar-refractivity contribution >= 4 is 23.1 Å². The quantitative estimate of drug-likeness (QED) is 0.817. The molecule has 0 amide bonds. The van der Waals surface area contributed by atoms with Gasteiger partial charge in [0, 0.05) is 29.4 Å². The Kier molecular flexibility index (Phi) is 3.64. The van der Waals surface area contributed by atoms with Crippen molar-refractivity contribution < 1.29 is 0 Å². The molecule has 0 saturated heterocycles. The number of hydrogen-bond acceptors (Lipinski definition) is 3. The zero-order valence-corrected chi connectivity index (χ0v) is 10.9. The van der Waals surface area contributed by atoms with E-state index in [4.69, 9.17) is 5.73 Å². The van der Waals surface area contributed by atoms with Gasteiger partial charge in [-0.2, -0.15) is 0 Å². The third kappa shape index (κ3) is 2.64. The lowest BCUT2D eigenvalue weighted by atomic mass is 10.1. The topological polar surface area (TPSA) is 29.3 Å². The molecule has 0 bridgehead atoms. The number of anilines is 2. The average Bonchev–Trinajstić information content (AvgIpc) is 2.26. The first-order valence-electron chi connectivity index (χ1n) is 5.94. The number of nitrogens with zero attached hydrogens (tertiary/aromatic N) is 1. The molecule has 2 N–H and O–H groups in total. The van der Waals surface area contributed by atoms with Crippen molar-refractivity contribution in [2.45, 2.75) is 25.2 Å². The fourth-order valence-corrected chi connectivity index (χ4v) is 2.97. The molecule has 0 saturated carbocycles. The Labute approximate surface area is 102 Å². The maximum atomic E-state index is 5.86. The van der Waals surface area contributed by atoms with E-state index >= 15 is 0 Å². The Morgan fingerprint density at radius 2 is 2.25 bits per heavy atom. The van der Waals surface area contributed by atoms with Gasteiger partial charge in [0.1, 0.15) is 0 Å². The van der Waals surface area contributed by atoms with Crippen molar-refractivity contribution in [2.24, 2.45) is 5.92 Å². The highest BCUT2D eigenvalue weighted by atomic mass is 32.2. The Bertz CT molecular complexity index is 363. The first-order chi connectivity index (χ1) is 7.66. The second-order valence-corrected chi connectivity index (χ2v) is 5.88. The summed E-state index contributed by atoms with van der Waals surface area (Å²) in [6.07, 6.45) is 1.25. The molecule has 0 atom stereocenters. The van der Waals surface area contributed by atoms with Gasteiger partial charge in [-0.05, 0) is 30.5 Å². The smallest absolute Gasteiger partial charge is 0.0525 e. The molecule has 16 heavy (non-hydrogen) atoms. The van der Waals surface area contributed by atoms with Gasteiger partial charge < -0.3 is 10.6 Å². The van der Waals surface area contributed by atoms with Crippen LogP contribution in [0.25, 0.3) is 0 Å². The molecule has 0 fully saturated rings. The Morgan fingerprint density at radius 1 is 1.44 bits per heavy atom. The van der Waals surface area contributed by atoms with E-state index in [0.717, 1.165) is 24.7 Å². The van der Waals surface area contributed by atoms with Gasteiger partial charge in [-0.25, -0.2) is 0 Å². The van der Waals surface area contributed by atoms with Crippen LogP contribution in [0, 0.1) is 5.92 Å². The summed E-state index contributed by atoms with van der Waals surface area (Å²) in [6, 6.07) is 6.26. The van der Waals surface area contributed by atoms with Crippen molar-refractivity contribution in [1.82, 2.24) is 0 Å². The minimum Gasteiger partial charge on any atom is -0.399 e. The summed E-state index contributed by atoms with van der Waals surface area (Å²) >= 11 is 1.94. The van der Waals surface area contributed by atoms with E-state index in [0.29, 0.717) is 0 Å². The monoisotopic (exact) mass is 236 g/mol. The number of rotatable bonds is 3. The van der Waals surface area contributed by atoms with Crippen LogP contribution in [0.15, 0.2) is 23.1 Å². The summed E-state index contributed by atoms with van der Waals surface area (Å²) in [4.78, 5) is 3.85. The molecule has 0 spiro atoms.